The van der Waals surface area contributed by atoms with Gasteiger partial charge >= 0.3 is 5.97 Å². The number of esters is 1. The molecule has 0 bridgehead atoms. The Morgan fingerprint density at radius 3 is 2.73 bits per heavy atom. The number of aryl methyl sites for hydroxylation is 2. The van der Waals surface area contributed by atoms with Gasteiger partial charge in [-0.3, -0.25) is 4.79 Å². The van der Waals surface area contributed by atoms with Gasteiger partial charge in [-0.1, -0.05) is 13.8 Å². The van der Waals surface area contributed by atoms with E-state index in [0.717, 1.165) is 41.0 Å². The van der Waals surface area contributed by atoms with Crippen LogP contribution < -0.4 is 5.43 Å². The molecule has 2 aromatic heterocycles. The molecule has 33 heavy (non-hydrogen) atoms. The molecule has 0 spiro atoms. The van der Waals surface area contributed by atoms with Crippen molar-refractivity contribution in [3.05, 3.63) is 55.9 Å². The van der Waals surface area contributed by atoms with Crippen LogP contribution in [0.5, 0.6) is 0 Å². The zero-order valence-electron chi connectivity index (χ0n) is 19.3. The van der Waals surface area contributed by atoms with E-state index in [2.05, 4.69) is 13.8 Å². The fourth-order valence-electron chi connectivity index (χ4n) is 4.92. The minimum Gasteiger partial charge on any atom is -0.462 e. The van der Waals surface area contributed by atoms with E-state index in [1.807, 2.05) is 17.6 Å². The molecule has 2 aliphatic rings. The number of pyridine rings is 1. The van der Waals surface area contributed by atoms with Crippen LogP contribution in [0.2, 0.25) is 0 Å². The number of hydrogen-bond acceptors (Lipinski definition) is 5. The smallest absolute Gasteiger partial charge is 0.343 e. The van der Waals surface area contributed by atoms with Crippen molar-refractivity contribution in [2.24, 2.45) is 5.41 Å². The van der Waals surface area contributed by atoms with Crippen LogP contribution in [0.1, 0.15) is 78.5 Å². The predicted molar refractivity (Wildman–Crippen MR) is 128 cm³/mol. The van der Waals surface area contributed by atoms with Crippen LogP contribution in [-0.2, 0) is 11.2 Å². The maximum Gasteiger partial charge on any atom is 0.343 e. The molecule has 0 aliphatic heterocycles. The molecule has 5 nitrogen and oxygen atoms in total. The van der Waals surface area contributed by atoms with E-state index < -0.39 is 23.3 Å². The van der Waals surface area contributed by atoms with Crippen LogP contribution in [0.4, 0.5) is 4.39 Å². The van der Waals surface area contributed by atoms with E-state index in [4.69, 9.17) is 4.74 Å². The minimum atomic E-state index is -0.677. The van der Waals surface area contributed by atoms with Gasteiger partial charge in [-0.2, -0.15) is 0 Å². The van der Waals surface area contributed by atoms with Gasteiger partial charge in [0.15, 0.2) is 0 Å². The van der Waals surface area contributed by atoms with Crippen LogP contribution >= 0.6 is 11.3 Å². The third-order valence-electron chi connectivity index (χ3n) is 7.06. The van der Waals surface area contributed by atoms with Crippen LogP contribution in [0.15, 0.2) is 23.1 Å². The first-order chi connectivity index (χ1) is 15.6. The number of rotatable bonds is 4. The van der Waals surface area contributed by atoms with Crippen LogP contribution in [-0.4, -0.2) is 22.2 Å². The van der Waals surface area contributed by atoms with Gasteiger partial charge in [-0.05, 0) is 68.2 Å². The number of aromatic nitrogens is 1. The van der Waals surface area contributed by atoms with Crippen LogP contribution in [0.25, 0.3) is 21.3 Å². The number of aliphatic hydroxyl groups is 1. The van der Waals surface area contributed by atoms with Crippen molar-refractivity contribution in [2.75, 3.05) is 6.61 Å². The molecule has 0 saturated heterocycles. The van der Waals surface area contributed by atoms with E-state index in [1.165, 1.54) is 17.4 Å². The number of nitrogens with zero attached hydrogens (tertiary/aromatic N) is 1. The molecule has 7 heteroatoms. The normalized spacial score (nSPS) is 19.5. The molecule has 1 fully saturated rings. The Balaban J connectivity index is 1.74. The average molecular weight is 470 g/mol. The van der Waals surface area contributed by atoms with Crippen molar-refractivity contribution < 1.29 is 19.0 Å². The fourth-order valence-corrected chi connectivity index (χ4v) is 6.43. The van der Waals surface area contributed by atoms with Crippen LogP contribution in [0.3, 0.4) is 0 Å². The number of benzene rings is 1. The molecule has 174 valence electrons. The molecule has 2 aliphatic carbocycles. The Morgan fingerprint density at radius 2 is 2.06 bits per heavy atom. The fraction of sp³-hybridized carbons (Fsp3) is 0.462. The largest absolute Gasteiger partial charge is 0.462 e. The van der Waals surface area contributed by atoms with Gasteiger partial charge in [0.2, 0.25) is 5.43 Å². The van der Waals surface area contributed by atoms with Crippen molar-refractivity contribution in [3.63, 3.8) is 0 Å². The lowest BCUT2D eigenvalue weighted by Crippen LogP contribution is -2.26. The summed E-state index contributed by atoms with van der Waals surface area (Å²) in [5, 5.41) is 11.1. The van der Waals surface area contributed by atoms with Gasteiger partial charge in [0, 0.05) is 32.9 Å². The number of ether oxygens (including phenoxy) is 1. The lowest BCUT2D eigenvalue weighted by atomic mass is 9.75. The zero-order chi connectivity index (χ0) is 23.7. The maximum absolute atomic E-state index is 15.6. The molecule has 3 aromatic rings. The van der Waals surface area contributed by atoms with E-state index in [0.29, 0.717) is 16.6 Å². The molecule has 1 N–H and O–H groups in total. The molecule has 1 aromatic carbocycles. The highest BCUT2D eigenvalue weighted by Crippen LogP contribution is 2.49. The van der Waals surface area contributed by atoms with E-state index in [9.17, 15) is 14.7 Å². The second-order valence-electron chi connectivity index (χ2n) is 9.88. The maximum atomic E-state index is 15.6. The van der Waals surface area contributed by atoms with Gasteiger partial charge in [0.1, 0.15) is 11.4 Å². The first-order valence-corrected chi connectivity index (χ1v) is 12.3. The third kappa shape index (κ3) is 3.53. The highest BCUT2D eigenvalue weighted by molar-refractivity contribution is 7.15. The summed E-state index contributed by atoms with van der Waals surface area (Å²) in [4.78, 5) is 27.2. The highest BCUT2D eigenvalue weighted by atomic mass is 32.1. The summed E-state index contributed by atoms with van der Waals surface area (Å²) in [6.07, 6.45) is 4.61. The first-order valence-electron chi connectivity index (χ1n) is 11.5. The van der Waals surface area contributed by atoms with E-state index >= 15 is 4.39 Å². The summed E-state index contributed by atoms with van der Waals surface area (Å²) in [7, 11) is 0. The predicted octanol–water partition coefficient (Wildman–Crippen LogP) is 5.69. The lowest BCUT2D eigenvalue weighted by Gasteiger charge is -2.34. The lowest BCUT2D eigenvalue weighted by molar-refractivity contribution is 0.0373. The molecule has 0 amide bonds. The number of halogens is 1. The molecule has 0 radical (unpaired) electrons. The number of aliphatic hydroxyl groups excluding tert-OH is 1. The topological polar surface area (TPSA) is 68.5 Å². The second kappa shape index (κ2) is 7.77. The Bertz CT molecular complexity index is 1350. The Morgan fingerprint density at radius 1 is 1.33 bits per heavy atom. The van der Waals surface area contributed by atoms with E-state index in [1.54, 1.807) is 13.1 Å². The highest BCUT2D eigenvalue weighted by Gasteiger charge is 2.37. The number of thiophene rings is 1. The van der Waals surface area contributed by atoms with E-state index in [-0.39, 0.29) is 29.0 Å². The van der Waals surface area contributed by atoms with Gasteiger partial charge in [0.05, 0.1) is 18.2 Å². The molecule has 1 saturated carbocycles. The van der Waals surface area contributed by atoms with Crippen molar-refractivity contribution in [3.8, 4) is 10.4 Å². The Kier molecular flexibility index (Phi) is 5.25. The van der Waals surface area contributed by atoms with Gasteiger partial charge in [-0.15, -0.1) is 11.3 Å². The zero-order valence-corrected chi connectivity index (χ0v) is 20.1. The number of hydrogen-bond donors (Lipinski definition) is 1. The number of carbonyl (C=O) groups excluding carboxylic acids is 1. The molecule has 2 heterocycles. The standard InChI is InChI=1S/C26H28FNO4S/c1-5-32-25(31)17-12-28(15-6-7-15)21-13(2)20(18(27)11-16(21)22(17)29)19-10-14-8-9-26(3,4)24(30)23(14)33-19/h10-12,15,24,30H,5-9H2,1-4H3. The summed E-state index contributed by atoms with van der Waals surface area (Å²) in [5.74, 6) is -1.17. The second-order valence-corrected chi connectivity index (χ2v) is 11.0. The Labute approximate surface area is 195 Å². The molecular weight excluding hydrogens is 441 g/mol. The van der Waals surface area contributed by atoms with Crippen molar-refractivity contribution in [1.82, 2.24) is 4.57 Å². The molecular formula is C26H28FNO4S. The molecule has 1 unspecified atom stereocenters. The first kappa shape index (κ1) is 22.3. The summed E-state index contributed by atoms with van der Waals surface area (Å²) in [6.45, 7) is 7.79. The number of fused-ring (bicyclic) bond motifs is 2. The van der Waals surface area contributed by atoms with Crippen LogP contribution in [0, 0.1) is 18.2 Å². The molecule has 5 rings (SSSR count). The average Bonchev–Trinajstić information content (AvgIpc) is 3.51. The molecule has 1 atom stereocenters. The SMILES string of the molecule is CCOC(=O)c1cn(C2CC2)c2c(C)c(-c3cc4c(s3)C(O)C(C)(C)CC4)c(F)cc2c1=O. The number of carbonyl (C=O) groups is 1. The van der Waals surface area contributed by atoms with Gasteiger partial charge in [0.25, 0.3) is 0 Å². The van der Waals surface area contributed by atoms with Gasteiger partial charge in [-0.25, -0.2) is 9.18 Å². The van der Waals surface area contributed by atoms with Gasteiger partial charge < -0.3 is 14.4 Å². The van der Waals surface area contributed by atoms with Crippen molar-refractivity contribution >= 4 is 28.2 Å². The Hall–Kier alpha value is -2.51. The summed E-state index contributed by atoms with van der Waals surface area (Å²) in [6, 6.07) is 3.43. The summed E-state index contributed by atoms with van der Waals surface area (Å²) in [5.41, 5.74) is 2.09. The monoisotopic (exact) mass is 469 g/mol. The van der Waals surface area contributed by atoms with Crippen molar-refractivity contribution in [2.45, 2.75) is 65.5 Å². The third-order valence-corrected chi connectivity index (χ3v) is 8.31. The van der Waals surface area contributed by atoms with Crippen molar-refractivity contribution in [1.29, 1.82) is 0 Å². The minimum absolute atomic E-state index is 0.0558. The quantitative estimate of drug-likeness (QED) is 0.498. The summed E-state index contributed by atoms with van der Waals surface area (Å²) < 4.78 is 22.6. The summed E-state index contributed by atoms with van der Waals surface area (Å²) >= 11 is 1.43.